The van der Waals surface area contributed by atoms with E-state index in [0.717, 1.165) is 17.5 Å². The minimum absolute atomic E-state index is 0.215. The van der Waals surface area contributed by atoms with Crippen molar-refractivity contribution in [2.75, 3.05) is 11.9 Å². The van der Waals surface area contributed by atoms with E-state index in [1.807, 2.05) is 49.5 Å². The van der Waals surface area contributed by atoms with Crippen molar-refractivity contribution in [3.8, 4) is 0 Å². The summed E-state index contributed by atoms with van der Waals surface area (Å²) < 4.78 is 0. The Morgan fingerprint density at radius 2 is 1.90 bits per heavy atom. The Hall–Kier alpha value is -3.67. The average molecular weight is 385 g/mol. The van der Waals surface area contributed by atoms with Crippen LogP contribution in [0.2, 0.25) is 0 Å². The highest BCUT2D eigenvalue weighted by atomic mass is 16.1. The van der Waals surface area contributed by atoms with Crippen molar-refractivity contribution < 1.29 is 4.79 Å². The lowest BCUT2D eigenvalue weighted by Gasteiger charge is -2.08. The summed E-state index contributed by atoms with van der Waals surface area (Å²) in [6.07, 6.45) is 4.30. The number of hydrogen-bond acceptors (Lipinski definition) is 4. The van der Waals surface area contributed by atoms with Gasteiger partial charge in [0.05, 0.1) is 0 Å². The molecule has 0 spiro atoms. The van der Waals surface area contributed by atoms with Gasteiger partial charge < -0.3 is 15.6 Å². The van der Waals surface area contributed by atoms with Crippen LogP contribution in [0.1, 0.15) is 27.2 Å². The summed E-state index contributed by atoms with van der Waals surface area (Å²) in [6, 6.07) is 18.0. The molecule has 2 heterocycles. The molecule has 4 rings (SSSR count). The number of para-hydroxylation sites is 1. The number of anilines is 1. The van der Waals surface area contributed by atoms with Crippen LogP contribution in [-0.4, -0.2) is 27.4 Å². The van der Waals surface area contributed by atoms with Crippen molar-refractivity contribution in [1.29, 1.82) is 0 Å². The maximum absolute atomic E-state index is 12.4. The fourth-order valence-corrected chi connectivity index (χ4v) is 3.22. The third kappa shape index (κ3) is 4.60. The van der Waals surface area contributed by atoms with Gasteiger partial charge in [-0.15, -0.1) is 0 Å². The number of hydrogen-bond donors (Lipinski definition) is 3. The van der Waals surface area contributed by atoms with Gasteiger partial charge in [0.1, 0.15) is 17.8 Å². The quantitative estimate of drug-likeness (QED) is 0.451. The van der Waals surface area contributed by atoms with Gasteiger partial charge >= 0.3 is 0 Å². The second-order valence-electron chi connectivity index (χ2n) is 6.99. The molecule has 0 saturated carbocycles. The van der Waals surface area contributed by atoms with E-state index in [1.54, 1.807) is 6.07 Å². The molecule has 0 aliphatic carbocycles. The summed E-state index contributed by atoms with van der Waals surface area (Å²) in [7, 11) is 0. The van der Waals surface area contributed by atoms with Crippen LogP contribution in [0.5, 0.6) is 0 Å². The second-order valence-corrected chi connectivity index (χ2v) is 6.99. The summed E-state index contributed by atoms with van der Waals surface area (Å²) in [6.45, 7) is 3.21. The highest BCUT2D eigenvalue weighted by molar-refractivity contribution is 5.92. The number of carbonyl (C=O) groups is 1. The minimum atomic E-state index is -0.215. The molecule has 29 heavy (non-hydrogen) atoms. The third-order valence-corrected chi connectivity index (χ3v) is 4.85. The first-order chi connectivity index (χ1) is 14.2. The summed E-state index contributed by atoms with van der Waals surface area (Å²) in [5.74, 6) is 0.424. The van der Waals surface area contributed by atoms with Gasteiger partial charge in [-0.1, -0.05) is 48.0 Å². The Labute approximate surface area is 169 Å². The molecule has 6 nitrogen and oxygen atoms in total. The van der Waals surface area contributed by atoms with Crippen LogP contribution in [0, 0.1) is 6.92 Å². The number of aromatic amines is 1. The van der Waals surface area contributed by atoms with Gasteiger partial charge in [-0.3, -0.25) is 4.79 Å². The Kier molecular flexibility index (Phi) is 5.52. The molecule has 0 aliphatic rings. The Morgan fingerprint density at radius 1 is 1.07 bits per heavy atom. The molecule has 146 valence electrons. The van der Waals surface area contributed by atoms with Crippen molar-refractivity contribution >= 4 is 22.6 Å². The fourth-order valence-electron chi connectivity index (χ4n) is 3.22. The standard InChI is InChI=1S/C23H23N5O/c1-16-6-8-17(9-7-16)13-26-23(29)21-12-22(28-15-27-21)24-11-10-18-14-25-20-5-3-2-4-19(18)20/h2-9,12,14-15,25H,10-11,13H2,1H3,(H,26,29)(H,24,27,28). The topological polar surface area (TPSA) is 82.7 Å². The van der Waals surface area contributed by atoms with Crippen LogP contribution in [-0.2, 0) is 13.0 Å². The van der Waals surface area contributed by atoms with E-state index in [0.29, 0.717) is 24.6 Å². The molecule has 3 N–H and O–H groups in total. The normalized spacial score (nSPS) is 10.8. The number of fused-ring (bicyclic) bond motifs is 1. The molecule has 0 radical (unpaired) electrons. The molecule has 1 amide bonds. The Morgan fingerprint density at radius 3 is 2.76 bits per heavy atom. The van der Waals surface area contributed by atoms with Gasteiger partial charge in [0.25, 0.3) is 5.91 Å². The van der Waals surface area contributed by atoms with Gasteiger partial charge in [-0.25, -0.2) is 9.97 Å². The summed E-state index contributed by atoms with van der Waals surface area (Å²) >= 11 is 0. The van der Waals surface area contributed by atoms with Crippen LogP contribution >= 0.6 is 0 Å². The van der Waals surface area contributed by atoms with Gasteiger partial charge in [-0.2, -0.15) is 0 Å². The van der Waals surface area contributed by atoms with Crippen molar-refractivity contribution in [3.63, 3.8) is 0 Å². The maximum Gasteiger partial charge on any atom is 0.270 e. The molecule has 2 aromatic heterocycles. The predicted octanol–water partition coefficient (Wildman–Crippen LogP) is 3.85. The number of rotatable bonds is 7. The average Bonchev–Trinajstić information content (AvgIpc) is 3.16. The van der Waals surface area contributed by atoms with E-state index in [9.17, 15) is 4.79 Å². The molecular formula is C23H23N5O. The molecule has 0 unspecified atom stereocenters. The Bertz CT molecular complexity index is 1120. The number of H-pyrrole nitrogens is 1. The maximum atomic E-state index is 12.4. The molecule has 0 saturated heterocycles. The molecule has 0 bridgehead atoms. The van der Waals surface area contributed by atoms with E-state index < -0.39 is 0 Å². The highest BCUT2D eigenvalue weighted by Crippen LogP contribution is 2.18. The van der Waals surface area contributed by atoms with Crippen LogP contribution in [0.15, 0.2) is 67.1 Å². The van der Waals surface area contributed by atoms with Gasteiger partial charge in [0.2, 0.25) is 0 Å². The molecule has 4 aromatic rings. The van der Waals surface area contributed by atoms with Crippen molar-refractivity contribution in [3.05, 3.63) is 89.5 Å². The fraction of sp³-hybridized carbons (Fsp3) is 0.174. The summed E-state index contributed by atoms with van der Waals surface area (Å²) in [5, 5.41) is 7.41. The number of nitrogens with zero attached hydrogens (tertiary/aromatic N) is 2. The van der Waals surface area contributed by atoms with E-state index in [-0.39, 0.29) is 5.91 Å². The van der Waals surface area contributed by atoms with Gasteiger partial charge in [0, 0.05) is 36.3 Å². The molecule has 2 aromatic carbocycles. The lowest BCUT2D eigenvalue weighted by Crippen LogP contribution is -2.24. The molecule has 0 atom stereocenters. The van der Waals surface area contributed by atoms with Crippen molar-refractivity contribution in [2.24, 2.45) is 0 Å². The number of nitrogens with one attached hydrogen (secondary N) is 3. The van der Waals surface area contributed by atoms with Crippen molar-refractivity contribution in [1.82, 2.24) is 20.3 Å². The Balaban J connectivity index is 1.33. The smallest absolute Gasteiger partial charge is 0.270 e. The van der Waals surface area contributed by atoms with Crippen LogP contribution in [0.4, 0.5) is 5.82 Å². The zero-order chi connectivity index (χ0) is 20.1. The van der Waals surface area contributed by atoms with Gasteiger partial charge in [0.15, 0.2) is 0 Å². The first-order valence-corrected chi connectivity index (χ1v) is 9.64. The number of carbonyl (C=O) groups excluding carboxylic acids is 1. The minimum Gasteiger partial charge on any atom is -0.370 e. The van der Waals surface area contributed by atoms with E-state index in [1.165, 1.54) is 22.8 Å². The molecule has 6 heteroatoms. The van der Waals surface area contributed by atoms with Crippen LogP contribution in [0.25, 0.3) is 10.9 Å². The first-order valence-electron chi connectivity index (χ1n) is 9.64. The summed E-state index contributed by atoms with van der Waals surface area (Å²) in [4.78, 5) is 24.0. The number of amides is 1. The zero-order valence-electron chi connectivity index (χ0n) is 16.3. The SMILES string of the molecule is Cc1ccc(CNC(=O)c2cc(NCCc3c[nH]c4ccccc34)ncn2)cc1. The van der Waals surface area contributed by atoms with E-state index in [2.05, 4.69) is 37.7 Å². The number of benzene rings is 2. The first kappa shape index (κ1) is 18.7. The van der Waals surface area contributed by atoms with Crippen molar-refractivity contribution in [2.45, 2.75) is 19.9 Å². The van der Waals surface area contributed by atoms with E-state index in [4.69, 9.17) is 0 Å². The highest BCUT2D eigenvalue weighted by Gasteiger charge is 2.09. The third-order valence-electron chi connectivity index (χ3n) is 4.85. The van der Waals surface area contributed by atoms with Crippen LogP contribution < -0.4 is 10.6 Å². The second kappa shape index (κ2) is 8.56. The van der Waals surface area contributed by atoms with E-state index >= 15 is 0 Å². The number of aryl methyl sites for hydroxylation is 1. The zero-order valence-corrected chi connectivity index (χ0v) is 16.3. The molecule has 0 fully saturated rings. The summed E-state index contributed by atoms with van der Waals surface area (Å²) in [5.41, 5.74) is 4.98. The van der Waals surface area contributed by atoms with Gasteiger partial charge in [-0.05, 0) is 30.5 Å². The predicted molar refractivity (Wildman–Crippen MR) is 115 cm³/mol. The molecular weight excluding hydrogens is 362 g/mol. The lowest BCUT2D eigenvalue weighted by atomic mass is 10.1. The number of aromatic nitrogens is 3. The largest absolute Gasteiger partial charge is 0.370 e. The molecule has 0 aliphatic heterocycles. The van der Waals surface area contributed by atoms with Crippen LogP contribution in [0.3, 0.4) is 0 Å². The lowest BCUT2D eigenvalue weighted by molar-refractivity contribution is 0.0946. The monoisotopic (exact) mass is 385 g/mol.